The van der Waals surface area contributed by atoms with Crippen LogP contribution in [0.2, 0.25) is 0 Å². The lowest BCUT2D eigenvalue weighted by atomic mass is 10.1. The molecule has 0 saturated heterocycles. The van der Waals surface area contributed by atoms with Crippen LogP contribution < -0.4 is 14.9 Å². The quantitative estimate of drug-likeness (QED) is 0.554. The molecule has 33 heavy (non-hydrogen) atoms. The molecule has 0 saturated carbocycles. The van der Waals surface area contributed by atoms with E-state index in [-0.39, 0.29) is 22.6 Å². The lowest BCUT2D eigenvalue weighted by Gasteiger charge is -2.20. The summed E-state index contributed by atoms with van der Waals surface area (Å²) < 4.78 is 28.0. The summed E-state index contributed by atoms with van der Waals surface area (Å²) in [6, 6.07) is 19.7. The van der Waals surface area contributed by atoms with Crippen LogP contribution in [-0.2, 0) is 16.4 Å². The molecule has 0 unspecified atom stereocenters. The zero-order valence-corrected chi connectivity index (χ0v) is 18.4. The van der Waals surface area contributed by atoms with Crippen molar-refractivity contribution in [1.29, 1.82) is 0 Å². The lowest BCUT2D eigenvalue weighted by Crippen LogP contribution is -2.29. The molecule has 7 nitrogen and oxygen atoms in total. The Bertz CT molecular complexity index is 1380. The van der Waals surface area contributed by atoms with Gasteiger partial charge in [-0.25, -0.2) is 8.42 Å². The third kappa shape index (κ3) is 4.45. The second kappa shape index (κ2) is 9.18. The molecule has 0 spiro atoms. The number of benzene rings is 3. The first-order valence-electron chi connectivity index (χ1n) is 10.2. The van der Waals surface area contributed by atoms with Crippen molar-refractivity contribution in [2.75, 3.05) is 22.7 Å². The van der Waals surface area contributed by atoms with Crippen molar-refractivity contribution < 1.29 is 18.0 Å². The second-order valence-corrected chi connectivity index (χ2v) is 9.23. The summed E-state index contributed by atoms with van der Waals surface area (Å²) in [7, 11) is -3.84. The molecule has 0 aromatic heterocycles. The second-order valence-electron chi connectivity index (χ2n) is 7.37. The number of carbonyl (C=O) groups excluding carboxylic acids is 2. The lowest BCUT2D eigenvalue weighted by molar-refractivity contribution is 0.0959. The van der Waals surface area contributed by atoms with Gasteiger partial charge in [0.25, 0.3) is 21.8 Å². The molecule has 0 fully saturated rings. The molecular weight excluding hydrogens is 438 g/mol. The largest absolute Gasteiger partial charge is 0.341 e. The maximum absolute atomic E-state index is 13.3. The van der Waals surface area contributed by atoms with Gasteiger partial charge < -0.3 is 10.6 Å². The number of rotatable bonds is 6. The fraction of sp³-hybridized carbons (Fsp3) is 0.120. The van der Waals surface area contributed by atoms with Crippen LogP contribution in [-0.4, -0.2) is 33.3 Å². The van der Waals surface area contributed by atoms with Crippen LogP contribution in [0, 0.1) is 12.3 Å². The molecule has 1 aliphatic rings. The Morgan fingerprint density at radius 3 is 2.55 bits per heavy atom. The van der Waals surface area contributed by atoms with Crippen LogP contribution in [0.3, 0.4) is 0 Å². The standard InChI is InChI=1S/C25H21N3O4S/c1-2-15-26-25(30)21-11-4-5-12-22(21)27-24(29)19-9-7-10-20(17-19)33(31,32)28-16-14-18-8-3-6-13-23(18)28/h1,3-13,17H,14-16H2,(H,26,30)(H,27,29). The summed E-state index contributed by atoms with van der Waals surface area (Å²) in [5, 5.41) is 5.25. The van der Waals surface area contributed by atoms with E-state index in [1.807, 2.05) is 12.1 Å². The van der Waals surface area contributed by atoms with E-state index < -0.39 is 21.8 Å². The third-order valence-electron chi connectivity index (χ3n) is 5.30. The van der Waals surface area contributed by atoms with Crippen molar-refractivity contribution in [3.63, 3.8) is 0 Å². The zero-order chi connectivity index (χ0) is 23.4. The van der Waals surface area contributed by atoms with E-state index in [0.29, 0.717) is 24.3 Å². The molecule has 0 bridgehead atoms. The number of terminal acetylenes is 1. The van der Waals surface area contributed by atoms with Crippen molar-refractivity contribution in [2.45, 2.75) is 11.3 Å². The average Bonchev–Trinajstić information content (AvgIpc) is 3.28. The minimum atomic E-state index is -3.84. The highest BCUT2D eigenvalue weighted by molar-refractivity contribution is 7.92. The highest BCUT2D eigenvalue weighted by Crippen LogP contribution is 2.32. The van der Waals surface area contributed by atoms with Gasteiger partial charge in [0.15, 0.2) is 0 Å². The number of para-hydroxylation sites is 2. The number of nitrogens with one attached hydrogen (secondary N) is 2. The fourth-order valence-electron chi connectivity index (χ4n) is 3.69. The van der Waals surface area contributed by atoms with E-state index in [1.54, 1.807) is 36.4 Å². The minimum Gasteiger partial charge on any atom is -0.341 e. The summed E-state index contributed by atoms with van der Waals surface area (Å²) >= 11 is 0. The van der Waals surface area contributed by atoms with E-state index >= 15 is 0 Å². The van der Waals surface area contributed by atoms with Gasteiger partial charge in [0.05, 0.1) is 28.4 Å². The van der Waals surface area contributed by atoms with E-state index in [4.69, 9.17) is 6.42 Å². The SMILES string of the molecule is C#CCNC(=O)c1ccccc1NC(=O)c1cccc(S(=O)(=O)N2CCc3ccccc32)c1. The van der Waals surface area contributed by atoms with Gasteiger partial charge in [-0.2, -0.15) is 0 Å². The third-order valence-corrected chi connectivity index (χ3v) is 7.11. The van der Waals surface area contributed by atoms with Gasteiger partial charge >= 0.3 is 0 Å². The van der Waals surface area contributed by atoms with Crippen LogP contribution in [0.5, 0.6) is 0 Å². The highest BCUT2D eigenvalue weighted by Gasteiger charge is 2.31. The van der Waals surface area contributed by atoms with Gasteiger partial charge in [-0.1, -0.05) is 42.3 Å². The van der Waals surface area contributed by atoms with Crippen LogP contribution in [0.4, 0.5) is 11.4 Å². The molecule has 0 aliphatic carbocycles. The number of hydrogen-bond donors (Lipinski definition) is 2. The molecule has 0 atom stereocenters. The van der Waals surface area contributed by atoms with Crippen LogP contribution in [0.25, 0.3) is 0 Å². The van der Waals surface area contributed by atoms with Crippen molar-refractivity contribution in [3.05, 3.63) is 89.5 Å². The number of carbonyl (C=O) groups is 2. The van der Waals surface area contributed by atoms with Gasteiger partial charge in [0.1, 0.15) is 0 Å². The molecule has 2 N–H and O–H groups in total. The van der Waals surface area contributed by atoms with Gasteiger partial charge in [0.2, 0.25) is 0 Å². The Morgan fingerprint density at radius 2 is 1.73 bits per heavy atom. The van der Waals surface area contributed by atoms with Gasteiger partial charge in [-0.05, 0) is 48.4 Å². The van der Waals surface area contributed by atoms with Gasteiger partial charge in [-0.15, -0.1) is 6.42 Å². The van der Waals surface area contributed by atoms with Crippen molar-refractivity contribution in [2.24, 2.45) is 0 Å². The average molecular weight is 460 g/mol. The summed E-state index contributed by atoms with van der Waals surface area (Å²) in [6.45, 7) is 0.402. The highest BCUT2D eigenvalue weighted by atomic mass is 32.2. The van der Waals surface area contributed by atoms with Crippen molar-refractivity contribution >= 4 is 33.2 Å². The molecule has 0 radical (unpaired) electrons. The summed E-state index contributed by atoms with van der Waals surface area (Å²) in [5.74, 6) is 1.36. The number of fused-ring (bicyclic) bond motifs is 1. The molecular formula is C25H21N3O4S. The number of amides is 2. The predicted molar refractivity (Wildman–Crippen MR) is 127 cm³/mol. The monoisotopic (exact) mass is 459 g/mol. The maximum Gasteiger partial charge on any atom is 0.264 e. The summed E-state index contributed by atoms with van der Waals surface area (Å²) in [6.07, 6.45) is 5.82. The molecule has 1 aliphatic heterocycles. The zero-order valence-electron chi connectivity index (χ0n) is 17.6. The Hall–Kier alpha value is -4.09. The Kier molecular flexibility index (Phi) is 6.16. The first kappa shape index (κ1) is 22.1. The minimum absolute atomic E-state index is 0.0203. The molecule has 3 aromatic carbocycles. The number of nitrogens with zero attached hydrogens (tertiary/aromatic N) is 1. The molecule has 8 heteroatoms. The molecule has 1 heterocycles. The maximum atomic E-state index is 13.3. The van der Waals surface area contributed by atoms with Crippen LogP contribution >= 0.6 is 0 Å². The number of sulfonamides is 1. The molecule has 4 rings (SSSR count). The molecule has 3 aromatic rings. The topological polar surface area (TPSA) is 95.6 Å². The first-order valence-corrected chi connectivity index (χ1v) is 11.7. The van der Waals surface area contributed by atoms with Gasteiger partial charge in [0, 0.05) is 12.1 Å². The summed E-state index contributed by atoms with van der Waals surface area (Å²) in [4.78, 5) is 25.3. The van der Waals surface area contributed by atoms with E-state index in [2.05, 4.69) is 16.6 Å². The number of hydrogen-bond acceptors (Lipinski definition) is 4. The Balaban J connectivity index is 1.59. The summed E-state index contributed by atoms with van der Waals surface area (Å²) in [5.41, 5.74) is 2.31. The van der Waals surface area contributed by atoms with Gasteiger partial charge in [-0.3, -0.25) is 13.9 Å². The fourth-order valence-corrected chi connectivity index (χ4v) is 5.24. The molecule has 166 valence electrons. The Labute approximate surface area is 192 Å². The van der Waals surface area contributed by atoms with Crippen LogP contribution in [0.15, 0.2) is 77.7 Å². The molecule has 2 amide bonds. The van der Waals surface area contributed by atoms with E-state index in [9.17, 15) is 18.0 Å². The van der Waals surface area contributed by atoms with Crippen molar-refractivity contribution in [1.82, 2.24) is 5.32 Å². The normalized spacial score (nSPS) is 12.5. The smallest absolute Gasteiger partial charge is 0.264 e. The number of anilines is 2. The van der Waals surface area contributed by atoms with Crippen molar-refractivity contribution in [3.8, 4) is 12.3 Å². The van der Waals surface area contributed by atoms with Crippen LogP contribution in [0.1, 0.15) is 26.3 Å². The first-order chi connectivity index (χ1) is 15.9. The van der Waals surface area contributed by atoms with E-state index in [0.717, 1.165) is 5.56 Å². The Morgan fingerprint density at radius 1 is 0.970 bits per heavy atom. The predicted octanol–water partition coefficient (Wildman–Crippen LogP) is 3.05. The van der Waals surface area contributed by atoms with E-state index in [1.165, 1.54) is 28.6 Å².